The number of hydrogen-bond acceptors (Lipinski definition) is 2. The van der Waals surface area contributed by atoms with E-state index in [1.807, 2.05) is 0 Å². The summed E-state index contributed by atoms with van der Waals surface area (Å²) >= 11 is 0. The Hall–Kier alpha value is -0.0800. The number of aliphatic hydroxyl groups is 1. The molecule has 2 heteroatoms. The predicted octanol–water partition coefficient (Wildman–Crippen LogP) is 3.35. The van der Waals surface area contributed by atoms with Crippen LogP contribution in [0.3, 0.4) is 0 Å². The average molecular weight is 241 g/mol. The molecule has 0 amide bonds. The van der Waals surface area contributed by atoms with E-state index in [1.54, 1.807) is 0 Å². The summed E-state index contributed by atoms with van der Waals surface area (Å²) in [5.74, 6) is 1.93. The highest BCUT2D eigenvalue weighted by atomic mass is 16.2. The van der Waals surface area contributed by atoms with Crippen LogP contribution in [0.15, 0.2) is 0 Å². The summed E-state index contributed by atoms with van der Waals surface area (Å²) in [6, 6.07) is 0. The van der Waals surface area contributed by atoms with Crippen LogP contribution in [0.4, 0.5) is 0 Å². The van der Waals surface area contributed by atoms with E-state index in [0.29, 0.717) is 6.61 Å². The number of nitrogens with one attached hydrogen (secondary N) is 1. The lowest BCUT2D eigenvalue weighted by atomic mass is 9.86. The van der Waals surface area contributed by atoms with Gasteiger partial charge in [0, 0.05) is 6.61 Å². The van der Waals surface area contributed by atoms with Crippen molar-refractivity contribution in [1.82, 2.24) is 5.32 Å². The number of rotatable bonds is 8. The summed E-state index contributed by atoms with van der Waals surface area (Å²) in [6.07, 6.45) is 12.1. The third kappa shape index (κ3) is 7.05. The first-order valence-corrected chi connectivity index (χ1v) is 7.66. The van der Waals surface area contributed by atoms with Gasteiger partial charge in [-0.2, -0.15) is 0 Å². The number of aliphatic hydroxyl groups excluding tert-OH is 1. The van der Waals surface area contributed by atoms with Crippen LogP contribution >= 0.6 is 0 Å². The van der Waals surface area contributed by atoms with Gasteiger partial charge in [0.2, 0.25) is 0 Å². The van der Waals surface area contributed by atoms with Crippen molar-refractivity contribution in [3.05, 3.63) is 0 Å². The van der Waals surface area contributed by atoms with Gasteiger partial charge in [0.25, 0.3) is 0 Å². The Morgan fingerprint density at radius 1 is 1.00 bits per heavy atom. The van der Waals surface area contributed by atoms with Gasteiger partial charge in [-0.1, -0.05) is 39.0 Å². The molecule has 0 aromatic heterocycles. The molecule has 2 atom stereocenters. The van der Waals surface area contributed by atoms with Crippen molar-refractivity contribution < 1.29 is 5.11 Å². The molecule has 1 rings (SSSR count). The Balaban J connectivity index is 1.97. The summed E-state index contributed by atoms with van der Waals surface area (Å²) in [5.41, 5.74) is 0. The molecular formula is C15H31NO. The second-order valence-electron chi connectivity index (χ2n) is 5.70. The molecule has 0 aromatic rings. The molecule has 2 N–H and O–H groups in total. The van der Waals surface area contributed by atoms with Crippen molar-refractivity contribution >= 4 is 0 Å². The molecule has 1 aliphatic carbocycles. The fraction of sp³-hybridized carbons (Fsp3) is 1.00. The minimum atomic E-state index is 0.335. The first-order chi connectivity index (χ1) is 8.34. The Kier molecular flexibility index (Phi) is 8.72. The van der Waals surface area contributed by atoms with Crippen molar-refractivity contribution in [2.45, 2.75) is 64.7 Å². The smallest absolute Gasteiger partial charge is 0.0431 e. The monoisotopic (exact) mass is 241 g/mol. The van der Waals surface area contributed by atoms with Gasteiger partial charge in [-0.15, -0.1) is 0 Å². The molecule has 102 valence electrons. The van der Waals surface area contributed by atoms with E-state index < -0.39 is 0 Å². The van der Waals surface area contributed by atoms with Gasteiger partial charge in [0.05, 0.1) is 0 Å². The second kappa shape index (κ2) is 9.90. The van der Waals surface area contributed by atoms with Crippen LogP contribution in [-0.4, -0.2) is 24.8 Å². The number of unbranched alkanes of at least 4 members (excludes halogenated alkanes) is 1. The van der Waals surface area contributed by atoms with Crippen molar-refractivity contribution in [3.63, 3.8) is 0 Å². The van der Waals surface area contributed by atoms with E-state index >= 15 is 0 Å². The average Bonchev–Trinajstić information content (AvgIpc) is 2.53. The highest BCUT2D eigenvalue weighted by Crippen LogP contribution is 2.31. The first kappa shape index (κ1) is 15.0. The van der Waals surface area contributed by atoms with E-state index in [2.05, 4.69) is 12.2 Å². The topological polar surface area (TPSA) is 32.3 Å². The van der Waals surface area contributed by atoms with Gasteiger partial charge in [0.15, 0.2) is 0 Å². The zero-order valence-electron chi connectivity index (χ0n) is 11.6. The zero-order chi connectivity index (χ0) is 12.3. The number of hydrogen-bond donors (Lipinski definition) is 2. The van der Waals surface area contributed by atoms with Gasteiger partial charge in [-0.25, -0.2) is 0 Å². The molecule has 0 spiro atoms. The summed E-state index contributed by atoms with van der Waals surface area (Å²) in [4.78, 5) is 0. The van der Waals surface area contributed by atoms with Crippen molar-refractivity contribution in [1.29, 1.82) is 0 Å². The minimum absolute atomic E-state index is 0.335. The maximum atomic E-state index is 8.67. The normalized spacial score (nSPS) is 25.8. The summed E-state index contributed by atoms with van der Waals surface area (Å²) in [5, 5.41) is 12.1. The van der Waals surface area contributed by atoms with Gasteiger partial charge in [-0.3, -0.25) is 0 Å². The maximum Gasteiger partial charge on any atom is 0.0431 e. The molecule has 17 heavy (non-hydrogen) atoms. The fourth-order valence-electron chi connectivity index (χ4n) is 2.97. The zero-order valence-corrected chi connectivity index (χ0v) is 11.6. The summed E-state index contributed by atoms with van der Waals surface area (Å²) < 4.78 is 0. The molecule has 1 saturated carbocycles. The highest BCUT2D eigenvalue weighted by molar-refractivity contribution is 4.71. The third-order valence-electron chi connectivity index (χ3n) is 4.23. The lowest BCUT2D eigenvalue weighted by molar-refractivity contribution is 0.282. The molecule has 2 unspecified atom stereocenters. The second-order valence-corrected chi connectivity index (χ2v) is 5.70. The fourth-order valence-corrected chi connectivity index (χ4v) is 2.97. The standard InChI is InChI=1S/C15H31NO/c1-14-8-3-2-4-9-15(14)10-7-12-16-11-5-6-13-17/h14-17H,2-13H2,1H3. The maximum absolute atomic E-state index is 8.67. The van der Waals surface area contributed by atoms with Crippen LogP contribution in [-0.2, 0) is 0 Å². The largest absolute Gasteiger partial charge is 0.396 e. The van der Waals surface area contributed by atoms with E-state index in [9.17, 15) is 0 Å². The van der Waals surface area contributed by atoms with Crippen molar-refractivity contribution in [2.24, 2.45) is 11.8 Å². The minimum Gasteiger partial charge on any atom is -0.396 e. The predicted molar refractivity (Wildman–Crippen MR) is 74.2 cm³/mol. The highest BCUT2D eigenvalue weighted by Gasteiger charge is 2.18. The van der Waals surface area contributed by atoms with Gasteiger partial charge < -0.3 is 10.4 Å². The Labute approximate surface area is 107 Å². The Morgan fingerprint density at radius 2 is 1.76 bits per heavy atom. The van der Waals surface area contributed by atoms with E-state index in [-0.39, 0.29) is 0 Å². The quantitative estimate of drug-likeness (QED) is 0.504. The van der Waals surface area contributed by atoms with Crippen molar-refractivity contribution in [2.75, 3.05) is 19.7 Å². The van der Waals surface area contributed by atoms with Gasteiger partial charge in [-0.05, 0) is 50.6 Å². The van der Waals surface area contributed by atoms with Crippen LogP contribution < -0.4 is 5.32 Å². The van der Waals surface area contributed by atoms with Crippen LogP contribution in [0.25, 0.3) is 0 Å². The van der Waals surface area contributed by atoms with Crippen molar-refractivity contribution in [3.8, 4) is 0 Å². The van der Waals surface area contributed by atoms with Crippen LogP contribution in [0.1, 0.15) is 64.7 Å². The third-order valence-corrected chi connectivity index (χ3v) is 4.23. The van der Waals surface area contributed by atoms with Crippen LogP contribution in [0.2, 0.25) is 0 Å². The lowest BCUT2D eigenvalue weighted by Gasteiger charge is -2.21. The van der Waals surface area contributed by atoms with Gasteiger partial charge >= 0.3 is 0 Å². The lowest BCUT2D eigenvalue weighted by Crippen LogP contribution is -2.19. The SMILES string of the molecule is CC1CCCCCC1CCCNCCCCO. The Bertz CT molecular complexity index is 172. The molecule has 1 aliphatic rings. The molecule has 2 nitrogen and oxygen atoms in total. The van der Waals surface area contributed by atoms with E-state index in [4.69, 9.17) is 5.11 Å². The van der Waals surface area contributed by atoms with E-state index in [1.165, 1.54) is 44.9 Å². The van der Waals surface area contributed by atoms with Crippen LogP contribution in [0, 0.1) is 11.8 Å². The first-order valence-electron chi connectivity index (χ1n) is 7.66. The molecular weight excluding hydrogens is 210 g/mol. The Morgan fingerprint density at radius 3 is 2.59 bits per heavy atom. The van der Waals surface area contributed by atoms with Crippen LogP contribution in [0.5, 0.6) is 0 Å². The molecule has 0 radical (unpaired) electrons. The molecule has 1 fully saturated rings. The summed E-state index contributed by atoms with van der Waals surface area (Å²) in [6.45, 7) is 5.02. The molecule has 0 heterocycles. The molecule has 0 aromatic carbocycles. The van der Waals surface area contributed by atoms with Gasteiger partial charge in [0.1, 0.15) is 0 Å². The molecule has 0 aliphatic heterocycles. The molecule has 0 bridgehead atoms. The molecule has 0 saturated heterocycles. The summed E-state index contributed by atoms with van der Waals surface area (Å²) in [7, 11) is 0. The van der Waals surface area contributed by atoms with E-state index in [0.717, 1.165) is 37.8 Å².